The lowest BCUT2D eigenvalue weighted by atomic mass is 9.95. The van der Waals surface area contributed by atoms with E-state index in [9.17, 15) is 14.7 Å². The molecule has 196 valence electrons. The Bertz CT molecular complexity index is 1450. The quantitative estimate of drug-likeness (QED) is 0.196. The van der Waals surface area contributed by atoms with Gasteiger partial charge in [-0.2, -0.15) is 0 Å². The molecule has 2 aliphatic heterocycles. The van der Waals surface area contributed by atoms with Gasteiger partial charge in [-0.1, -0.05) is 30.1 Å². The van der Waals surface area contributed by atoms with Gasteiger partial charge < -0.3 is 24.1 Å². The largest absolute Gasteiger partial charge is 0.507 e. The summed E-state index contributed by atoms with van der Waals surface area (Å²) >= 11 is 1.17. The zero-order valence-electron chi connectivity index (χ0n) is 20.8. The Kier molecular flexibility index (Phi) is 7.01. The molecule has 1 unspecified atom stereocenters. The molecule has 5 rings (SSSR count). The van der Waals surface area contributed by atoms with E-state index in [1.807, 2.05) is 6.92 Å². The van der Waals surface area contributed by atoms with Crippen LogP contribution in [0.2, 0.25) is 0 Å². The van der Waals surface area contributed by atoms with E-state index in [0.717, 1.165) is 0 Å². The van der Waals surface area contributed by atoms with Gasteiger partial charge in [0.05, 0.1) is 18.2 Å². The number of hydrogen-bond acceptors (Lipinski definition) is 10. The number of benzene rings is 2. The van der Waals surface area contributed by atoms with Gasteiger partial charge in [-0.05, 0) is 49.7 Å². The lowest BCUT2D eigenvalue weighted by Crippen LogP contribution is -2.29. The van der Waals surface area contributed by atoms with Crippen LogP contribution >= 0.6 is 11.3 Å². The number of aryl methyl sites for hydroxylation is 1. The second-order valence-corrected chi connectivity index (χ2v) is 9.53. The van der Waals surface area contributed by atoms with Gasteiger partial charge >= 0.3 is 5.91 Å². The molecule has 2 aliphatic rings. The summed E-state index contributed by atoms with van der Waals surface area (Å²) in [6.45, 7) is 8.66. The minimum absolute atomic E-state index is 0.0956. The van der Waals surface area contributed by atoms with Crippen molar-refractivity contribution >= 4 is 33.9 Å². The number of nitrogens with zero attached hydrogens (tertiary/aromatic N) is 3. The molecule has 1 fully saturated rings. The number of ether oxygens (including phenoxy) is 4. The zero-order chi connectivity index (χ0) is 26.8. The fourth-order valence-corrected chi connectivity index (χ4v) is 5.02. The maximum atomic E-state index is 13.4. The second-order valence-electron chi connectivity index (χ2n) is 8.37. The second kappa shape index (κ2) is 10.5. The number of rotatable bonds is 8. The Morgan fingerprint density at radius 3 is 2.63 bits per heavy atom. The molecule has 38 heavy (non-hydrogen) atoms. The predicted octanol–water partition coefficient (Wildman–Crippen LogP) is 4.21. The smallest absolute Gasteiger partial charge is 0.301 e. The molecule has 2 aromatic carbocycles. The lowest BCUT2D eigenvalue weighted by Gasteiger charge is -2.24. The van der Waals surface area contributed by atoms with Crippen LogP contribution in [0.3, 0.4) is 0 Å². The number of aromatic nitrogens is 2. The van der Waals surface area contributed by atoms with E-state index in [4.69, 9.17) is 18.9 Å². The Morgan fingerprint density at radius 2 is 1.92 bits per heavy atom. The molecule has 10 nitrogen and oxygen atoms in total. The van der Waals surface area contributed by atoms with Crippen LogP contribution in [0.1, 0.15) is 29.1 Å². The van der Waals surface area contributed by atoms with E-state index < -0.39 is 17.7 Å². The summed E-state index contributed by atoms with van der Waals surface area (Å²) in [6, 6.07) is 8.96. The number of ketones is 1. The van der Waals surface area contributed by atoms with Crippen LogP contribution in [0.25, 0.3) is 5.76 Å². The minimum atomic E-state index is -0.997. The normalized spacial score (nSPS) is 17.9. The summed E-state index contributed by atoms with van der Waals surface area (Å²) < 4.78 is 22.7. The maximum Gasteiger partial charge on any atom is 0.301 e. The fourth-order valence-electron chi connectivity index (χ4n) is 4.31. The first-order chi connectivity index (χ1) is 18.4. The molecule has 11 heteroatoms. The van der Waals surface area contributed by atoms with Gasteiger partial charge in [0.25, 0.3) is 5.78 Å². The molecule has 0 spiro atoms. The topological polar surface area (TPSA) is 120 Å². The number of aliphatic hydroxyl groups excluding tert-OH is 1. The lowest BCUT2D eigenvalue weighted by molar-refractivity contribution is -0.132. The van der Waals surface area contributed by atoms with Gasteiger partial charge in [0, 0.05) is 5.56 Å². The van der Waals surface area contributed by atoms with Gasteiger partial charge in [0.2, 0.25) is 5.13 Å². The Balaban J connectivity index is 1.68. The first-order valence-electron chi connectivity index (χ1n) is 11.9. The first-order valence-corrected chi connectivity index (χ1v) is 12.8. The van der Waals surface area contributed by atoms with Gasteiger partial charge in [-0.3, -0.25) is 14.5 Å². The van der Waals surface area contributed by atoms with Gasteiger partial charge in [-0.25, -0.2) is 0 Å². The summed E-state index contributed by atoms with van der Waals surface area (Å²) in [4.78, 5) is 28.0. The van der Waals surface area contributed by atoms with Gasteiger partial charge in [-0.15, -0.1) is 10.2 Å². The van der Waals surface area contributed by atoms with Crippen LogP contribution in [-0.4, -0.2) is 53.4 Å². The van der Waals surface area contributed by atoms with E-state index in [0.29, 0.717) is 59.0 Å². The number of anilines is 1. The third-order valence-electron chi connectivity index (χ3n) is 5.92. The van der Waals surface area contributed by atoms with Gasteiger partial charge in [0.15, 0.2) is 23.0 Å². The van der Waals surface area contributed by atoms with Crippen molar-refractivity contribution in [2.24, 2.45) is 0 Å². The van der Waals surface area contributed by atoms with Crippen molar-refractivity contribution in [3.05, 3.63) is 70.8 Å². The maximum absolute atomic E-state index is 13.4. The van der Waals surface area contributed by atoms with E-state index in [2.05, 4.69) is 16.8 Å². The number of aliphatic hydroxyl groups is 1. The molecular weight excluding hydrogens is 510 g/mol. The average Bonchev–Trinajstić information content (AvgIpc) is 3.47. The standard InChI is InChI=1S/C27H25N3O7S/c1-4-10-35-18-8-6-16(13-20(18)34-5-2)23-22(25(32)26(33)30(23)27-29-28-15(3)38-27)24(31)17-7-9-19-21(14-17)37-12-11-36-19/h4,6-9,13-14,23,31H,1,5,10-12H2,2-3H3/b24-22+. The fraction of sp³-hybridized carbons (Fsp3) is 0.259. The van der Waals surface area contributed by atoms with Crippen molar-refractivity contribution < 1.29 is 33.6 Å². The van der Waals surface area contributed by atoms with E-state index in [1.54, 1.807) is 49.4 Å². The van der Waals surface area contributed by atoms with Crippen LogP contribution in [0.4, 0.5) is 5.13 Å². The van der Waals surface area contributed by atoms with Crippen LogP contribution in [0.5, 0.6) is 23.0 Å². The minimum Gasteiger partial charge on any atom is -0.507 e. The highest BCUT2D eigenvalue weighted by atomic mass is 32.1. The third-order valence-corrected chi connectivity index (χ3v) is 6.76. The molecule has 0 saturated carbocycles. The number of hydrogen-bond donors (Lipinski definition) is 1. The van der Waals surface area contributed by atoms with Crippen LogP contribution in [-0.2, 0) is 9.59 Å². The van der Waals surface area contributed by atoms with Crippen molar-refractivity contribution in [3.63, 3.8) is 0 Å². The molecule has 1 atom stereocenters. The highest BCUT2D eigenvalue weighted by Gasteiger charge is 2.48. The molecule has 0 radical (unpaired) electrons. The van der Waals surface area contributed by atoms with Crippen molar-refractivity contribution in [3.8, 4) is 23.0 Å². The molecule has 0 aliphatic carbocycles. The number of fused-ring (bicyclic) bond motifs is 1. The zero-order valence-corrected chi connectivity index (χ0v) is 21.6. The van der Waals surface area contributed by atoms with Crippen LogP contribution in [0, 0.1) is 6.92 Å². The number of carbonyl (C=O) groups is 2. The molecule has 0 bridgehead atoms. The highest BCUT2D eigenvalue weighted by molar-refractivity contribution is 7.15. The van der Waals surface area contributed by atoms with Crippen molar-refractivity contribution in [1.29, 1.82) is 0 Å². The summed E-state index contributed by atoms with van der Waals surface area (Å²) in [5, 5.41) is 20.4. The molecule has 1 saturated heterocycles. The molecule has 1 N–H and O–H groups in total. The van der Waals surface area contributed by atoms with E-state index in [-0.39, 0.29) is 23.1 Å². The number of amides is 1. The molecule has 3 heterocycles. The van der Waals surface area contributed by atoms with Crippen LogP contribution < -0.4 is 23.8 Å². The Morgan fingerprint density at radius 1 is 1.13 bits per heavy atom. The Hall–Kier alpha value is -4.38. The summed E-state index contributed by atoms with van der Waals surface area (Å²) in [6.07, 6.45) is 1.61. The van der Waals surface area contributed by atoms with Gasteiger partial charge in [0.1, 0.15) is 30.6 Å². The monoisotopic (exact) mass is 535 g/mol. The third kappa shape index (κ3) is 4.56. The highest BCUT2D eigenvalue weighted by Crippen LogP contribution is 2.45. The van der Waals surface area contributed by atoms with E-state index >= 15 is 0 Å². The number of Topliss-reactive ketones (excluding diaryl/α,β-unsaturated/α-hetero) is 1. The Labute approximate surface area is 222 Å². The van der Waals surface area contributed by atoms with Crippen LogP contribution in [0.15, 0.2) is 54.6 Å². The average molecular weight is 536 g/mol. The summed E-state index contributed by atoms with van der Waals surface area (Å²) in [5.41, 5.74) is 0.731. The first kappa shape index (κ1) is 25.3. The molecule has 1 aromatic heterocycles. The summed E-state index contributed by atoms with van der Waals surface area (Å²) in [7, 11) is 0. The molecule has 1 amide bonds. The SMILES string of the molecule is C=CCOc1ccc(C2/C(=C(\O)c3ccc4c(c3)OCCO4)C(=O)C(=O)N2c2nnc(C)s2)cc1OCC. The van der Waals surface area contributed by atoms with Crippen molar-refractivity contribution in [2.45, 2.75) is 19.9 Å². The predicted molar refractivity (Wildman–Crippen MR) is 140 cm³/mol. The number of carbonyl (C=O) groups excluding carboxylic acids is 2. The van der Waals surface area contributed by atoms with Crippen molar-refractivity contribution in [1.82, 2.24) is 10.2 Å². The van der Waals surface area contributed by atoms with Crippen molar-refractivity contribution in [2.75, 3.05) is 31.3 Å². The summed E-state index contributed by atoms with van der Waals surface area (Å²) in [5.74, 6) is -0.149. The van der Waals surface area contributed by atoms with E-state index in [1.165, 1.54) is 16.2 Å². The molecular formula is C27H25N3O7S. The molecule has 3 aromatic rings.